The SMILES string of the molecule is CC(NS(=O)(=O)c1cc(NN)ccc1[N+](=O)[O-])C1CCC1. The number of nitrogens with zero attached hydrogens (tertiary/aromatic N) is 1. The van der Waals surface area contributed by atoms with Gasteiger partial charge in [0.05, 0.1) is 10.6 Å². The smallest absolute Gasteiger partial charge is 0.289 e. The van der Waals surface area contributed by atoms with E-state index in [1.54, 1.807) is 6.92 Å². The van der Waals surface area contributed by atoms with Crippen LogP contribution in [0.5, 0.6) is 0 Å². The average Bonchev–Trinajstić information content (AvgIpc) is 2.35. The lowest BCUT2D eigenvalue weighted by atomic mass is 9.81. The Labute approximate surface area is 122 Å². The van der Waals surface area contributed by atoms with Gasteiger partial charge >= 0.3 is 0 Å². The van der Waals surface area contributed by atoms with E-state index >= 15 is 0 Å². The highest BCUT2D eigenvalue weighted by molar-refractivity contribution is 7.89. The van der Waals surface area contributed by atoms with Crippen molar-refractivity contribution in [1.82, 2.24) is 4.72 Å². The zero-order valence-electron chi connectivity index (χ0n) is 11.6. The van der Waals surface area contributed by atoms with Gasteiger partial charge in [-0.1, -0.05) is 6.42 Å². The lowest BCUT2D eigenvalue weighted by molar-refractivity contribution is -0.387. The number of nitrogen functional groups attached to an aromatic ring is 1. The Kier molecular flexibility index (Phi) is 4.45. The second-order valence-corrected chi connectivity index (χ2v) is 6.87. The third kappa shape index (κ3) is 3.31. The van der Waals surface area contributed by atoms with Crippen molar-refractivity contribution >= 4 is 21.4 Å². The van der Waals surface area contributed by atoms with Crippen molar-refractivity contribution in [3.05, 3.63) is 28.3 Å². The van der Waals surface area contributed by atoms with E-state index in [-0.39, 0.29) is 22.5 Å². The van der Waals surface area contributed by atoms with Gasteiger partial charge < -0.3 is 5.43 Å². The first kappa shape index (κ1) is 15.7. The molecular weight excluding hydrogens is 296 g/mol. The zero-order valence-corrected chi connectivity index (χ0v) is 12.4. The molecule has 0 saturated heterocycles. The number of nitro groups is 1. The van der Waals surface area contributed by atoms with Gasteiger partial charge in [-0.3, -0.25) is 16.0 Å². The second kappa shape index (κ2) is 5.96. The van der Waals surface area contributed by atoms with Crippen molar-refractivity contribution in [2.45, 2.75) is 37.1 Å². The van der Waals surface area contributed by atoms with Crippen LogP contribution in [0.1, 0.15) is 26.2 Å². The van der Waals surface area contributed by atoms with Gasteiger partial charge in [0.15, 0.2) is 4.90 Å². The van der Waals surface area contributed by atoms with E-state index in [0.717, 1.165) is 31.4 Å². The summed E-state index contributed by atoms with van der Waals surface area (Å²) in [6.07, 6.45) is 3.02. The molecule has 1 saturated carbocycles. The third-order valence-corrected chi connectivity index (χ3v) is 5.40. The minimum Gasteiger partial charge on any atom is -0.324 e. The number of anilines is 1. The van der Waals surface area contributed by atoms with Crippen molar-refractivity contribution in [3.63, 3.8) is 0 Å². The normalized spacial score (nSPS) is 17.0. The largest absolute Gasteiger partial charge is 0.324 e. The number of sulfonamides is 1. The Morgan fingerprint density at radius 3 is 2.57 bits per heavy atom. The van der Waals surface area contributed by atoms with Crippen molar-refractivity contribution < 1.29 is 13.3 Å². The van der Waals surface area contributed by atoms with Crippen LogP contribution in [0.15, 0.2) is 23.1 Å². The van der Waals surface area contributed by atoms with Crippen LogP contribution < -0.4 is 16.0 Å². The van der Waals surface area contributed by atoms with Crippen molar-refractivity contribution in [3.8, 4) is 0 Å². The molecule has 116 valence electrons. The first-order chi connectivity index (χ1) is 9.85. The zero-order chi connectivity index (χ0) is 15.6. The quantitative estimate of drug-likeness (QED) is 0.413. The molecule has 21 heavy (non-hydrogen) atoms. The summed E-state index contributed by atoms with van der Waals surface area (Å²) in [7, 11) is -3.98. The maximum atomic E-state index is 12.4. The Morgan fingerprint density at radius 1 is 1.43 bits per heavy atom. The molecule has 1 aliphatic rings. The van der Waals surface area contributed by atoms with E-state index in [1.165, 1.54) is 6.07 Å². The van der Waals surface area contributed by atoms with Crippen LogP contribution in [0.25, 0.3) is 0 Å². The summed E-state index contributed by atoms with van der Waals surface area (Å²) >= 11 is 0. The van der Waals surface area contributed by atoms with Crippen molar-refractivity contribution in [1.29, 1.82) is 0 Å². The Hall–Kier alpha value is -1.71. The van der Waals surface area contributed by atoms with Gasteiger partial charge in [0, 0.05) is 12.1 Å². The molecule has 1 aromatic rings. The molecule has 0 aromatic heterocycles. The highest BCUT2D eigenvalue weighted by Gasteiger charge is 2.31. The van der Waals surface area contributed by atoms with Gasteiger partial charge in [0.1, 0.15) is 0 Å². The van der Waals surface area contributed by atoms with E-state index in [0.29, 0.717) is 0 Å². The molecule has 1 aromatic carbocycles. The molecule has 0 aliphatic heterocycles. The molecule has 1 aliphatic carbocycles. The van der Waals surface area contributed by atoms with E-state index in [1.807, 2.05) is 0 Å². The lowest BCUT2D eigenvalue weighted by Crippen LogP contribution is -2.40. The predicted molar refractivity (Wildman–Crippen MR) is 78.0 cm³/mol. The summed E-state index contributed by atoms with van der Waals surface area (Å²) in [5, 5.41) is 11.0. The standard InChI is InChI=1S/C12H18N4O4S/c1-8(9-3-2-4-9)15-21(19,20)12-7-10(14-13)5-6-11(12)16(17)18/h5-9,14-15H,2-4,13H2,1H3. The molecule has 0 bridgehead atoms. The van der Waals surface area contributed by atoms with Crippen LogP contribution in [0.4, 0.5) is 11.4 Å². The van der Waals surface area contributed by atoms with Gasteiger partial charge in [-0.25, -0.2) is 13.1 Å². The van der Waals surface area contributed by atoms with Crippen LogP contribution >= 0.6 is 0 Å². The number of hydrogen-bond acceptors (Lipinski definition) is 6. The minimum absolute atomic E-state index is 0.252. The fraction of sp³-hybridized carbons (Fsp3) is 0.500. The van der Waals surface area contributed by atoms with E-state index in [4.69, 9.17) is 5.84 Å². The van der Waals surface area contributed by atoms with E-state index in [2.05, 4.69) is 10.1 Å². The minimum atomic E-state index is -3.98. The molecule has 0 heterocycles. The fourth-order valence-electron chi connectivity index (χ4n) is 2.31. The van der Waals surface area contributed by atoms with Gasteiger partial charge in [-0.05, 0) is 37.8 Å². The second-order valence-electron chi connectivity index (χ2n) is 5.18. The van der Waals surface area contributed by atoms with Gasteiger partial charge in [-0.2, -0.15) is 0 Å². The fourth-order valence-corrected chi connectivity index (χ4v) is 3.82. The summed E-state index contributed by atoms with van der Waals surface area (Å²) in [5.74, 6) is 5.52. The molecule has 8 nitrogen and oxygen atoms in total. The maximum Gasteiger partial charge on any atom is 0.289 e. The number of nitro benzene ring substituents is 1. The third-order valence-electron chi connectivity index (χ3n) is 3.81. The molecule has 0 radical (unpaired) electrons. The highest BCUT2D eigenvalue weighted by atomic mass is 32.2. The van der Waals surface area contributed by atoms with Crippen LogP contribution in [0.2, 0.25) is 0 Å². The molecule has 9 heteroatoms. The molecular formula is C12H18N4O4S. The first-order valence-electron chi connectivity index (χ1n) is 6.62. The summed E-state index contributed by atoms with van der Waals surface area (Å²) in [4.78, 5) is 9.92. The highest BCUT2D eigenvalue weighted by Crippen LogP contribution is 2.31. The molecule has 2 rings (SSSR count). The van der Waals surface area contributed by atoms with E-state index < -0.39 is 20.6 Å². The summed E-state index contributed by atoms with van der Waals surface area (Å²) < 4.78 is 27.3. The molecule has 1 unspecified atom stereocenters. The topological polar surface area (TPSA) is 127 Å². The summed E-state index contributed by atoms with van der Waals surface area (Å²) in [5.41, 5.74) is 2.11. The average molecular weight is 314 g/mol. The van der Waals surface area contributed by atoms with Gasteiger partial charge in [0.25, 0.3) is 5.69 Å². The van der Waals surface area contributed by atoms with Crippen LogP contribution in [-0.2, 0) is 10.0 Å². The van der Waals surface area contributed by atoms with Crippen molar-refractivity contribution in [2.24, 2.45) is 11.8 Å². The monoisotopic (exact) mass is 314 g/mol. The van der Waals surface area contributed by atoms with Gasteiger partial charge in [-0.15, -0.1) is 0 Å². The maximum absolute atomic E-state index is 12.4. The Balaban J connectivity index is 2.35. The van der Waals surface area contributed by atoms with Crippen LogP contribution in [0.3, 0.4) is 0 Å². The van der Waals surface area contributed by atoms with Crippen LogP contribution in [-0.4, -0.2) is 19.4 Å². The molecule has 0 spiro atoms. The molecule has 4 N–H and O–H groups in total. The number of rotatable bonds is 6. The summed E-state index contributed by atoms with van der Waals surface area (Å²) in [6, 6.07) is 3.39. The Morgan fingerprint density at radius 2 is 2.10 bits per heavy atom. The van der Waals surface area contributed by atoms with Crippen LogP contribution in [0, 0.1) is 16.0 Å². The first-order valence-corrected chi connectivity index (χ1v) is 8.11. The Bertz CT molecular complexity index is 643. The molecule has 1 fully saturated rings. The molecule has 1 atom stereocenters. The summed E-state index contributed by atoms with van der Waals surface area (Å²) in [6.45, 7) is 1.78. The number of nitrogens with two attached hydrogens (primary N) is 1. The predicted octanol–water partition coefficient (Wildman–Crippen LogP) is 1.35. The van der Waals surface area contributed by atoms with E-state index in [9.17, 15) is 18.5 Å². The number of hydrazine groups is 1. The lowest BCUT2D eigenvalue weighted by Gasteiger charge is -2.31. The molecule has 0 amide bonds. The number of nitrogens with one attached hydrogen (secondary N) is 2. The van der Waals surface area contributed by atoms with Crippen molar-refractivity contribution in [2.75, 3.05) is 5.43 Å². The number of hydrogen-bond donors (Lipinski definition) is 3. The number of benzene rings is 1. The van der Waals surface area contributed by atoms with Gasteiger partial charge in [0.2, 0.25) is 10.0 Å².